The molecule has 0 saturated carbocycles. The van der Waals surface area contributed by atoms with Gasteiger partial charge in [0.15, 0.2) is 6.61 Å². The van der Waals surface area contributed by atoms with Crippen LogP contribution in [0.1, 0.15) is 12.8 Å². The highest BCUT2D eigenvalue weighted by atomic mass is 35.5. The van der Waals surface area contributed by atoms with Crippen molar-refractivity contribution in [2.45, 2.75) is 12.8 Å². The number of carbonyl (C=O) groups excluding carboxylic acids is 2. The summed E-state index contributed by atoms with van der Waals surface area (Å²) in [5, 5.41) is 0.626. The number of likely N-dealkylation sites (tertiary alicyclic amines) is 1. The van der Waals surface area contributed by atoms with Crippen molar-refractivity contribution in [1.82, 2.24) is 9.80 Å². The van der Waals surface area contributed by atoms with Gasteiger partial charge >= 0.3 is 0 Å². The molecule has 1 aliphatic heterocycles. The topological polar surface area (TPSA) is 49.9 Å². The van der Waals surface area contributed by atoms with Crippen molar-refractivity contribution >= 4 is 23.4 Å². The Balaban J connectivity index is 1.72. The number of rotatable bonds is 6. The molecule has 0 N–H and O–H groups in total. The van der Waals surface area contributed by atoms with E-state index in [1.807, 2.05) is 0 Å². The normalized spacial score (nSPS) is 14.4. The molecule has 2 amide bonds. The van der Waals surface area contributed by atoms with Gasteiger partial charge in [-0.1, -0.05) is 11.6 Å². The maximum absolute atomic E-state index is 11.9. The summed E-state index contributed by atoms with van der Waals surface area (Å²) >= 11 is 5.78. The number of carbonyl (C=O) groups is 2. The molecule has 6 heteroatoms. The summed E-state index contributed by atoms with van der Waals surface area (Å²) in [6.07, 6.45) is 1.54. The highest BCUT2D eigenvalue weighted by molar-refractivity contribution is 6.30. The summed E-state index contributed by atoms with van der Waals surface area (Å²) in [5.74, 6) is 0.667. The first kappa shape index (κ1) is 15.6. The molecule has 0 atom stereocenters. The summed E-state index contributed by atoms with van der Waals surface area (Å²) in [5.41, 5.74) is 0. The molecule has 1 fully saturated rings. The Hall–Kier alpha value is -1.75. The van der Waals surface area contributed by atoms with Gasteiger partial charge < -0.3 is 14.5 Å². The monoisotopic (exact) mass is 310 g/mol. The second-order valence-corrected chi connectivity index (χ2v) is 5.48. The minimum atomic E-state index is -0.114. The molecular weight excluding hydrogens is 292 g/mol. The lowest BCUT2D eigenvalue weighted by molar-refractivity contribution is -0.134. The molecule has 0 aromatic heterocycles. The molecule has 0 unspecified atom stereocenters. The van der Waals surface area contributed by atoms with Crippen LogP contribution in [0, 0.1) is 0 Å². The fourth-order valence-electron chi connectivity index (χ4n) is 2.12. The molecule has 2 rings (SSSR count). The summed E-state index contributed by atoms with van der Waals surface area (Å²) in [6.45, 7) is 1.88. The molecule has 0 spiro atoms. The quantitative estimate of drug-likeness (QED) is 0.805. The first-order valence-corrected chi connectivity index (χ1v) is 7.34. The van der Waals surface area contributed by atoms with Crippen molar-refractivity contribution in [3.8, 4) is 5.75 Å². The molecule has 0 bridgehead atoms. The second-order valence-electron chi connectivity index (χ2n) is 5.04. The van der Waals surface area contributed by atoms with Crippen LogP contribution in [-0.4, -0.2) is 54.9 Å². The zero-order chi connectivity index (χ0) is 15.2. The average molecular weight is 311 g/mol. The average Bonchev–Trinajstić information content (AvgIpc) is 2.89. The van der Waals surface area contributed by atoms with Crippen LogP contribution in [0.2, 0.25) is 5.02 Å². The summed E-state index contributed by atoms with van der Waals surface area (Å²) < 4.78 is 5.41. The lowest BCUT2D eigenvalue weighted by atomic mass is 10.3. The predicted octanol–water partition coefficient (Wildman–Crippen LogP) is 1.80. The van der Waals surface area contributed by atoms with Gasteiger partial charge in [0.05, 0.1) is 0 Å². The minimum Gasteiger partial charge on any atom is -0.484 e. The third-order valence-corrected chi connectivity index (χ3v) is 3.73. The van der Waals surface area contributed by atoms with Crippen LogP contribution >= 0.6 is 11.6 Å². The van der Waals surface area contributed by atoms with Gasteiger partial charge in [-0.15, -0.1) is 0 Å². The van der Waals surface area contributed by atoms with Crippen LogP contribution in [0.15, 0.2) is 24.3 Å². The van der Waals surface area contributed by atoms with Gasteiger partial charge in [-0.2, -0.15) is 0 Å². The lowest BCUT2D eigenvalue weighted by Crippen LogP contribution is -2.38. The van der Waals surface area contributed by atoms with E-state index in [9.17, 15) is 9.59 Å². The number of likely N-dealkylation sites (N-methyl/N-ethyl adjacent to an activating group) is 1. The van der Waals surface area contributed by atoms with E-state index >= 15 is 0 Å². The van der Waals surface area contributed by atoms with E-state index in [2.05, 4.69) is 0 Å². The van der Waals surface area contributed by atoms with Gasteiger partial charge in [0, 0.05) is 38.1 Å². The molecule has 1 aromatic carbocycles. The zero-order valence-electron chi connectivity index (χ0n) is 12.0. The van der Waals surface area contributed by atoms with E-state index in [-0.39, 0.29) is 18.4 Å². The van der Waals surface area contributed by atoms with Crippen LogP contribution in [0.5, 0.6) is 5.75 Å². The number of benzene rings is 1. The van der Waals surface area contributed by atoms with Crippen LogP contribution in [-0.2, 0) is 9.59 Å². The van der Waals surface area contributed by atoms with Crippen molar-refractivity contribution in [2.24, 2.45) is 0 Å². The second kappa shape index (κ2) is 7.31. The Bertz CT molecular complexity index is 504. The molecule has 0 radical (unpaired) electrons. The maximum Gasteiger partial charge on any atom is 0.260 e. The molecule has 1 aliphatic rings. The van der Waals surface area contributed by atoms with Crippen molar-refractivity contribution in [3.63, 3.8) is 0 Å². The van der Waals surface area contributed by atoms with Crippen molar-refractivity contribution < 1.29 is 14.3 Å². The number of ether oxygens (including phenoxy) is 1. The Kier molecular flexibility index (Phi) is 5.44. The highest BCUT2D eigenvalue weighted by Crippen LogP contribution is 2.15. The van der Waals surface area contributed by atoms with Gasteiger partial charge in [0.2, 0.25) is 5.91 Å². The predicted molar refractivity (Wildman–Crippen MR) is 80.4 cm³/mol. The van der Waals surface area contributed by atoms with Gasteiger partial charge in [0.1, 0.15) is 5.75 Å². The summed E-state index contributed by atoms with van der Waals surface area (Å²) in [7, 11) is 1.72. The molecule has 5 nitrogen and oxygen atoms in total. The van der Waals surface area contributed by atoms with Gasteiger partial charge in [-0.05, 0) is 30.7 Å². The largest absolute Gasteiger partial charge is 0.484 e. The van der Waals surface area contributed by atoms with E-state index in [1.54, 1.807) is 41.1 Å². The molecular formula is C15H19ClN2O3. The molecule has 1 saturated heterocycles. The van der Waals surface area contributed by atoms with Crippen LogP contribution < -0.4 is 4.74 Å². The Morgan fingerprint density at radius 1 is 1.38 bits per heavy atom. The van der Waals surface area contributed by atoms with E-state index in [1.165, 1.54) is 0 Å². The van der Waals surface area contributed by atoms with Crippen LogP contribution in [0.25, 0.3) is 0 Å². The Morgan fingerprint density at radius 2 is 2.10 bits per heavy atom. The van der Waals surface area contributed by atoms with E-state index < -0.39 is 0 Å². The standard InChI is InChI=1S/C15H19ClN2O3/c1-17(9-10-18-8-2-3-14(18)19)15(20)11-21-13-6-4-12(16)5-7-13/h4-7H,2-3,8-11H2,1H3. The summed E-state index contributed by atoms with van der Waals surface area (Å²) in [4.78, 5) is 26.8. The molecule has 1 heterocycles. The van der Waals surface area contributed by atoms with Crippen molar-refractivity contribution in [1.29, 1.82) is 0 Å². The number of amides is 2. The fraction of sp³-hybridized carbons (Fsp3) is 0.467. The lowest BCUT2D eigenvalue weighted by Gasteiger charge is -2.21. The SMILES string of the molecule is CN(CCN1CCCC1=O)C(=O)COc1ccc(Cl)cc1. The Morgan fingerprint density at radius 3 is 2.71 bits per heavy atom. The highest BCUT2D eigenvalue weighted by Gasteiger charge is 2.20. The third kappa shape index (κ3) is 4.63. The first-order valence-electron chi connectivity index (χ1n) is 6.96. The van der Waals surface area contributed by atoms with Gasteiger partial charge in [-0.3, -0.25) is 9.59 Å². The van der Waals surface area contributed by atoms with Crippen molar-refractivity contribution in [2.75, 3.05) is 33.3 Å². The van der Waals surface area contributed by atoms with Gasteiger partial charge in [-0.25, -0.2) is 0 Å². The number of nitrogens with zero attached hydrogens (tertiary/aromatic N) is 2. The molecule has 21 heavy (non-hydrogen) atoms. The van der Waals surface area contributed by atoms with Crippen LogP contribution in [0.4, 0.5) is 0 Å². The summed E-state index contributed by atoms with van der Waals surface area (Å²) in [6, 6.07) is 6.87. The Labute approximate surface area is 129 Å². The van der Waals surface area contributed by atoms with E-state index in [0.29, 0.717) is 30.3 Å². The number of hydrogen-bond acceptors (Lipinski definition) is 3. The molecule has 1 aromatic rings. The minimum absolute atomic E-state index is 0.0217. The zero-order valence-corrected chi connectivity index (χ0v) is 12.8. The maximum atomic E-state index is 11.9. The number of hydrogen-bond donors (Lipinski definition) is 0. The van der Waals surface area contributed by atoms with Crippen molar-refractivity contribution in [3.05, 3.63) is 29.3 Å². The third-order valence-electron chi connectivity index (χ3n) is 3.48. The fourth-order valence-corrected chi connectivity index (χ4v) is 2.25. The smallest absolute Gasteiger partial charge is 0.260 e. The van der Waals surface area contributed by atoms with E-state index in [0.717, 1.165) is 13.0 Å². The molecule has 114 valence electrons. The number of halogens is 1. The first-order chi connectivity index (χ1) is 10.1. The van der Waals surface area contributed by atoms with Crippen LogP contribution in [0.3, 0.4) is 0 Å². The molecule has 0 aliphatic carbocycles. The van der Waals surface area contributed by atoms with E-state index in [4.69, 9.17) is 16.3 Å². The van der Waals surface area contributed by atoms with Gasteiger partial charge in [0.25, 0.3) is 5.91 Å².